The number of nitrogens with zero attached hydrogens (tertiary/aromatic N) is 1. The number of rotatable bonds is 1. The molecule has 12 heavy (non-hydrogen) atoms. The van der Waals surface area contributed by atoms with Crippen molar-refractivity contribution in [1.82, 2.24) is 4.98 Å². The minimum absolute atomic E-state index is 0. The molecule has 0 spiro atoms. The normalized spacial score (nSPS) is 9.00. The van der Waals surface area contributed by atoms with Gasteiger partial charge in [-0.3, -0.25) is 4.98 Å². The average molecular weight is 199 g/mol. The van der Waals surface area contributed by atoms with Gasteiger partial charge in [0.05, 0.1) is 5.01 Å². The molecule has 0 aliphatic carbocycles. The van der Waals surface area contributed by atoms with Crippen LogP contribution < -0.4 is 51.4 Å². The first-order valence-electron chi connectivity index (χ1n) is 3.33. The van der Waals surface area contributed by atoms with Crippen LogP contribution in [0.3, 0.4) is 0 Å². The van der Waals surface area contributed by atoms with E-state index >= 15 is 0 Å². The van der Waals surface area contributed by atoms with Crippen LogP contribution in [0, 0.1) is 6.07 Å². The smallest absolute Gasteiger partial charge is 0.258 e. The second-order valence-corrected chi connectivity index (χ2v) is 3.02. The summed E-state index contributed by atoms with van der Waals surface area (Å²) in [5, 5.41) is 3.03. The van der Waals surface area contributed by atoms with Crippen LogP contribution in [0.5, 0.6) is 0 Å². The fourth-order valence-corrected chi connectivity index (χ4v) is 1.53. The molecule has 2 rings (SSSR count). The summed E-state index contributed by atoms with van der Waals surface area (Å²) in [6, 6.07) is 10.9. The first-order valence-corrected chi connectivity index (χ1v) is 4.21. The fraction of sp³-hybridized carbons (Fsp3) is 0. The molecule has 0 saturated heterocycles. The Hall–Kier alpha value is 0.486. The predicted octanol–water partition coefficient (Wildman–Crippen LogP) is -0.386. The van der Waals surface area contributed by atoms with Gasteiger partial charge < -0.3 is 0 Å². The molecule has 0 N–H and O–H groups in total. The van der Waals surface area contributed by atoms with Gasteiger partial charge in [-0.2, -0.15) is 30.3 Å². The van der Waals surface area contributed by atoms with E-state index in [0.717, 1.165) is 10.6 Å². The Balaban J connectivity index is 0.000000720. The topological polar surface area (TPSA) is 12.9 Å². The van der Waals surface area contributed by atoms with Gasteiger partial charge in [-0.25, -0.2) is 0 Å². The van der Waals surface area contributed by atoms with Gasteiger partial charge in [0.2, 0.25) is 0 Å². The zero-order valence-electron chi connectivity index (χ0n) is 6.82. The summed E-state index contributed by atoms with van der Waals surface area (Å²) < 4.78 is 0. The van der Waals surface area contributed by atoms with Gasteiger partial charge in [0.1, 0.15) is 0 Å². The van der Waals surface area contributed by atoms with E-state index in [2.05, 4.69) is 11.1 Å². The Kier molecular flexibility index (Phi) is 4.64. The Morgan fingerprint density at radius 1 is 1.42 bits per heavy atom. The maximum absolute atomic E-state index is 4.19. The molecule has 0 unspecified atom stereocenters. The maximum atomic E-state index is 4.19. The van der Waals surface area contributed by atoms with E-state index in [1.54, 1.807) is 11.3 Å². The fourth-order valence-electron chi connectivity index (χ4n) is 0.892. The number of aromatic nitrogens is 1. The van der Waals surface area contributed by atoms with Crippen LogP contribution in [0.4, 0.5) is 0 Å². The number of benzene rings is 1. The molecule has 2 aromatic rings. The first kappa shape index (κ1) is 10.6. The van der Waals surface area contributed by atoms with Gasteiger partial charge in [0.15, 0.2) is 0 Å². The summed E-state index contributed by atoms with van der Waals surface area (Å²) in [7, 11) is 0. The van der Waals surface area contributed by atoms with E-state index in [1.165, 1.54) is 0 Å². The summed E-state index contributed by atoms with van der Waals surface area (Å²) in [5.41, 5.74) is 1.14. The molecule has 0 aliphatic heterocycles. The minimum atomic E-state index is 0. The predicted molar refractivity (Wildman–Crippen MR) is 46.4 cm³/mol. The number of hydrogen-bond donors (Lipinski definition) is 0. The molecule has 0 radical (unpaired) electrons. The molecule has 0 aliphatic rings. The third kappa shape index (κ3) is 2.49. The van der Waals surface area contributed by atoms with Crippen molar-refractivity contribution in [3.8, 4) is 10.6 Å². The van der Waals surface area contributed by atoms with E-state index in [9.17, 15) is 0 Å². The van der Waals surface area contributed by atoms with Gasteiger partial charge >= 0.3 is 51.4 Å². The minimum Gasteiger partial charge on any atom is -0.258 e. The Bertz CT molecular complexity index is 318. The van der Waals surface area contributed by atoms with Crippen molar-refractivity contribution in [2.45, 2.75) is 0 Å². The van der Waals surface area contributed by atoms with Crippen molar-refractivity contribution in [2.75, 3.05) is 0 Å². The zero-order valence-corrected chi connectivity index (χ0v) is 10.8. The maximum Gasteiger partial charge on any atom is 1.00 e. The Labute approximate surface area is 118 Å². The van der Waals surface area contributed by atoms with E-state index in [4.69, 9.17) is 0 Å². The van der Waals surface area contributed by atoms with Crippen LogP contribution >= 0.6 is 11.3 Å². The largest absolute Gasteiger partial charge is 1.00 e. The van der Waals surface area contributed by atoms with Gasteiger partial charge in [0, 0.05) is 11.6 Å². The molecule has 0 saturated carbocycles. The summed E-state index contributed by atoms with van der Waals surface area (Å²) in [5.74, 6) is 0. The Morgan fingerprint density at radius 2 is 2.33 bits per heavy atom. The molecule has 1 aromatic heterocycles. The molecular weight excluding hydrogens is 193 g/mol. The molecule has 3 heteroatoms. The number of thiazole rings is 1. The van der Waals surface area contributed by atoms with Crippen molar-refractivity contribution in [1.29, 1.82) is 0 Å². The van der Waals surface area contributed by atoms with Crippen LogP contribution in [-0.2, 0) is 0 Å². The van der Waals surface area contributed by atoms with E-state index in [0.29, 0.717) is 0 Å². The first-order chi connectivity index (χ1) is 5.47. The monoisotopic (exact) mass is 199 g/mol. The molecule has 0 bridgehead atoms. The molecular formula is C9H6KNS. The van der Waals surface area contributed by atoms with Crippen molar-refractivity contribution >= 4 is 11.3 Å². The second kappa shape index (κ2) is 5.27. The standard InChI is InChI=1S/C9H6NS.K/c1-2-4-8(5-3-1)9-10-6-7-11-9;/h1-2,4-7H;/q-1;+1. The van der Waals surface area contributed by atoms with Crippen LogP contribution in [0.15, 0.2) is 35.8 Å². The second-order valence-electron chi connectivity index (χ2n) is 2.13. The van der Waals surface area contributed by atoms with E-state index < -0.39 is 0 Å². The summed E-state index contributed by atoms with van der Waals surface area (Å²) in [4.78, 5) is 4.19. The van der Waals surface area contributed by atoms with E-state index in [1.807, 2.05) is 35.8 Å². The Morgan fingerprint density at radius 3 is 2.92 bits per heavy atom. The molecule has 1 aromatic carbocycles. The van der Waals surface area contributed by atoms with Crippen molar-refractivity contribution in [2.24, 2.45) is 0 Å². The third-order valence-electron chi connectivity index (χ3n) is 1.39. The van der Waals surface area contributed by atoms with Crippen LogP contribution in [-0.4, -0.2) is 4.98 Å². The average Bonchev–Trinajstić information content (AvgIpc) is 2.58. The van der Waals surface area contributed by atoms with Crippen LogP contribution in [0.2, 0.25) is 0 Å². The van der Waals surface area contributed by atoms with Gasteiger partial charge in [-0.1, -0.05) is 5.56 Å². The summed E-state index contributed by atoms with van der Waals surface area (Å²) in [6.07, 6.45) is 1.81. The quantitative estimate of drug-likeness (QED) is 0.450. The zero-order chi connectivity index (χ0) is 7.52. The summed E-state index contributed by atoms with van der Waals surface area (Å²) >= 11 is 1.64. The third-order valence-corrected chi connectivity index (χ3v) is 2.21. The number of hydrogen-bond acceptors (Lipinski definition) is 2. The molecule has 0 atom stereocenters. The van der Waals surface area contributed by atoms with Crippen LogP contribution in [0.1, 0.15) is 0 Å². The van der Waals surface area contributed by atoms with E-state index in [-0.39, 0.29) is 51.4 Å². The van der Waals surface area contributed by atoms with Crippen molar-refractivity contribution in [3.05, 3.63) is 41.9 Å². The molecule has 0 amide bonds. The SMILES string of the molecule is [K+].[c-]1cccc(-c2nccs2)c1. The van der Waals surface area contributed by atoms with Crippen molar-refractivity contribution in [3.63, 3.8) is 0 Å². The molecule has 0 fully saturated rings. The van der Waals surface area contributed by atoms with Gasteiger partial charge in [-0.15, -0.1) is 11.3 Å². The van der Waals surface area contributed by atoms with Gasteiger partial charge in [0.25, 0.3) is 0 Å². The molecule has 1 nitrogen and oxygen atoms in total. The van der Waals surface area contributed by atoms with Crippen LogP contribution in [0.25, 0.3) is 10.6 Å². The molecule has 54 valence electrons. The van der Waals surface area contributed by atoms with Crippen molar-refractivity contribution < 1.29 is 51.4 Å². The molecule has 1 heterocycles. The van der Waals surface area contributed by atoms with Gasteiger partial charge in [-0.05, 0) is 0 Å². The summed E-state index contributed by atoms with van der Waals surface area (Å²) in [6.45, 7) is 0.